The molecule has 1 aliphatic heterocycles. The Morgan fingerprint density at radius 3 is 2.30 bits per heavy atom. The lowest BCUT2D eigenvalue weighted by atomic mass is 10.1. The number of nitrogens with zero attached hydrogens (tertiary/aromatic N) is 4. The number of rotatable bonds is 8. The summed E-state index contributed by atoms with van der Waals surface area (Å²) in [6, 6.07) is 14.1. The molecular formula is C25H32N4O3S. The molecule has 3 rings (SSSR count). The van der Waals surface area contributed by atoms with E-state index >= 15 is 0 Å². The third kappa shape index (κ3) is 6.20. The van der Waals surface area contributed by atoms with Crippen LogP contribution in [0.25, 0.3) is 0 Å². The van der Waals surface area contributed by atoms with Crippen LogP contribution in [-0.4, -0.2) is 68.7 Å². The lowest BCUT2D eigenvalue weighted by Gasteiger charge is -2.27. The molecule has 1 heterocycles. The van der Waals surface area contributed by atoms with E-state index in [0.717, 1.165) is 30.4 Å². The van der Waals surface area contributed by atoms with E-state index in [-0.39, 0.29) is 10.8 Å². The van der Waals surface area contributed by atoms with Crippen molar-refractivity contribution in [3.63, 3.8) is 0 Å². The van der Waals surface area contributed by atoms with E-state index in [2.05, 4.69) is 6.07 Å². The fourth-order valence-corrected chi connectivity index (χ4v) is 5.44. The summed E-state index contributed by atoms with van der Waals surface area (Å²) in [4.78, 5) is 17.5. The monoisotopic (exact) mass is 468 g/mol. The maximum absolute atomic E-state index is 13.6. The summed E-state index contributed by atoms with van der Waals surface area (Å²) in [7, 11) is 0.263. The third-order valence-corrected chi connectivity index (χ3v) is 7.85. The van der Waals surface area contributed by atoms with Crippen LogP contribution in [0.1, 0.15) is 46.3 Å². The van der Waals surface area contributed by atoms with Crippen LogP contribution in [0.3, 0.4) is 0 Å². The number of benzene rings is 2. The summed E-state index contributed by atoms with van der Waals surface area (Å²) in [6.45, 7) is 4.42. The van der Waals surface area contributed by atoms with E-state index in [1.807, 2.05) is 38.1 Å². The Morgan fingerprint density at radius 2 is 1.70 bits per heavy atom. The molecule has 0 unspecified atom stereocenters. The topological polar surface area (TPSA) is 84.7 Å². The highest BCUT2D eigenvalue weighted by Gasteiger charge is 2.28. The number of amides is 1. The van der Waals surface area contributed by atoms with Crippen LogP contribution < -0.4 is 0 Å². The molecule has 1 amide bonds. The van der Waals surface area contributed by atoms with Gasteiger partial charge in [-0.3, -0.25) is 4.79 Å². The van der Waals surface area contributed by atoms with Gasteiger partial charge in [0.1, 0.15) is 0 Å². The average Bonchev–Trinajstić information content (AvgIpc) is 2.82. The summed E-state index contributed by atoms with van der Waals surface area (Å²) in [5.74, 6) is -0.200. The molecule has 0 atom stereocenters. The van der Waals surface area contributed by atoms with E-state index in [9.17, 15) is 13.2 Å². The van der Waals surface area contributed by atoms with Crippen molar-refractivity contribution in [1.82, 2.24) is 14.1 Å². The highest BCUT2D eigenvalue weighted by atomic mass is 32.2. The van der Waals surface area contributed by atoms with Gasteiger partial charge in [-0.2, -0.15) is 9.57 Å². The van der Waals surface area contributed by atoms with Gasteiger partial charge in [-0.05, 0) is 69.3 Å². The smallest absolute Gasteiger partial charge is 0.254 e. The normalized spacial score (nSPS) is 14.8. The first-order valence-corrected chi connectivity index (χ1v) is 12.7. The molecule has 2 aromatic rings. The fourth-order valence-electron chi connectivity index (χ4n) is 3.89. The molecule has 1 fully saturated rings. The second-order valence-electron chi connectivity index (χ2n) is 8.78. The van der Waals surface area contributed by atoms with Crippen LogP contribution in [0, 0.1) is 18.3 Å². The van der Waals surface area contributed by atoms with E-state index in [1.54, 1.807) is 29.2 Å². The van der Waals surface area contributed by atoms with Crippen molar-refractivity contribution in [2.75, 3.05) is 40.3 Å². The molecule has 2 aromatic carbocycles. The second kappa shape index (κ2) is 10.9. The Kier molecular flexibility index (Phi) is 8.25. The van der Waals surface area contributed by atoms with Crippen molar-refractivity contribution in [1.29, 1.82) is 5.26 Å². The first kappa shape index (κ1) is 24.9. The van der Waals surface area contributed by atoms with Crippen molar-refractivity contribution < 1.29 is 13.2 Å². The van der Waals surface area contributed by atoms with Gasteiger partial charge in [-0.1, -0.05) is 24.6 Å². The lowest BCUT2D eigenvalue weighted by molar-refractivity contribution is 0.0731. The Balaban J connectivity index is 1.90. The largest absolute Gasteiger partial charge is 0.333 e. The predicted octanol–water partition coefficient (Wildman–Crippen LogP) is 3.25. The molecule has 1 saturated heterocycles. The molecule has 1 aliphatic rings. The van der Waals surface area contributed by atoms with Gasteiger partial charge in [-0.15, -0.1) is 0 Å². The van der Waals surface area contributed by atoms with Crippen LogP contribution in [0.5, 0.6) is 0 Å². The number of nitriles is 1. The van der Waals surface area contributed by atoms with Crippen molar-refractivity contribution in [2.24, 2.45) is 0 Å². The second-order valence-corrected chi connectivity index (χ2v) is 10.7. The molecule has 0 saturated carbocycles. The third-order valence-electron chi connectivity index (χ3n) is 5.95. The highest BCUT2D eigenvalue weighted by molar-refractivity contribution is 7.89. The molecular weight excluding hydrogens is 436 g/mol. The number of carbonyl (C=O) groups excluding carboxylic acids is 1. The quantitative estimate of drug-likeness (QED) is 0.594. The molecule has 0 N–H and O–H groups in total. The number of hydrogen-bond donors (Lipinski definition) is 0. The zero-order valence-electron chi connectivity index (χ0n) is 19.6. The maximum Gasteiger partial charge on any atom is 0.254 e. The lowest BCUT2D eigenvalue weighted by Crippen LogP contribution is -2.37. The molecule has 0 aromatic heterocycles. The van der Waals surface area contributed by atoms with Crippen LogP contribution >= 0.6 is 0 Å². The predicted molar refractivity (Wildman–Crippen MR) is 128 cm³/mol. The Bertz CT molecular complexity index is 1120. The van der Waals surface area contributed by atoms with E-state index in [1.165, 1.54) is 10.4 Å². The molecule has 7 nitrogen and oxygen atoms in total. The van der Waals surface area contributed by atoms with Crippen molar-refractivity contribution in [3.8, 4) is 6.07 Å². The van der Waals surface area contributed by atoms with Gasteiger partial charge >= 0.3 is 0 Å². The number of piperidine rings is 1. The van der Waals surface area contributed by atoms with Crippen LogP contribution in [0.2, 0.25) is 0 Å². The van der Waals surface area contributed by atoms with Gasteiger partial charge in [0.15, 0.2) is 0 Å². The molecule has 0 spiro atoms. The summed E-state index contributed by atoms with van der Waals surface area (Å²) >= 11 is 0. The average molecular weight is 469 g/mol. The SMILES string of the molecule is Cc1ccc(S(=O)(=O)N2CCCCC2)cc1C(=O)N(CCN(C)C)Cc1ccc(C#N)cc1. The Morgan fingerprint density at radius 1 is 1.03 bits per heavy atom. The van der Waals surface area contributed by atoms with Gasteiger partial charge in [0.25, 0.3) is 5.91 Å². The fraction of sp³-hybridized carbons (Fsp3) is 0.440. The van der Waals surface area contributed by atoms with E-state index in [0.29, 0.717) is 43.9 Å². The summed E-state index contributed by atoms with van der Waals surface area (Å²) < 4.78 is 27.9. The summed E-state index contributed by atoms with van der Waals surface area (Å²) in [6.07, 6.45) is 2.76. The number of carbonyl (C=O) groups is 1. The van der Waals surface area contributed by atoms with Gasteiger partial charge < -0.3 is 9.80 Å². The highest BCUT2D eigenvalue weighted by Crippen LogP contribution is 2.24. The van der Waals surface area contributed by atoms with Crippen LogP contribution in [-0.2, 0) is 16.6 Å². The standard InChI is InChI=1S/C25H32N4O3S/c1-20-7-12-23(33(31,32)29-13-5-4-6-14-29)17-24(20)25(30)28(16-15-27(2)3)19-22-10-8-21(18-26)9-11-22/h7-12,17H,4-6,13-16,19H2,1-3H3. The van der Waals surface area contributed by atoms with Crippen molar-refractivity contribution in [3.05, 3.63) is 64.7 Å². The molecule has 0 bridgehead atoms. The van der Waals surface area contributed by atoms with Crippen LogP contribution in [0.15, 0.2) is 47.4 Å². The summed E-state index contributed by atoms with van der Waals surface area (Å²) in [5, 5.41) is 9.04. The number of hydrogen-bond acceptors (Lipinski definition) is 5. The molecule has 0 radical (unpaired) electrons. The maximum atomic E-state index is 13.6. The zero-order valence-corrected chi connectivity index (χ0v) is 20.4. The number of aryl methyl sites for hydroxylation is 1. The number of likely N-dealkylation sites (N-methyl/N-ethyl adjacent to an activating group) is 1. The van der Waals surface area contributed by atoms with Crippen LogP contribution in [0.4, 0.5) is 0 Å². The molecule has 33 heavy (non-hydrogen) atoms. The number of sulfonamides is 1. The minimum absolute atomic E-state index is 0.171. The minimum Gasteiger partial charge on any atom is -0.333 e. The van der Waals surface area contributed by atoms with Crippen molar-refractivity contribution in [2.45, 2.75) is 37.6 Å². The van der Waals surface area contributed by atoms with Crippen molar-refractivity contribution >= 4 is 15.9 Å². The molecule has 8 heteroatoms. The van der Waals surface area contributed by atoms with Gasteiger partial charge in [0, 0.05) is 38.3 Å². The minimum atomic E-state index is -3.63. The summed E-state index contributed by atoms with van der Waals surface area (Å²) in [5.41, 5.74) is 2.62. The molecule has 176 valence electrons. The first-order chi connectivity index (χ1) is 15.7. The Hall–Kier alpha value is -2.73. The van der Waals surface area contributed by atoms with E-state index < -0.39 is 10.0 Å². The first-order valence-electron chi connectivity index (χ1n) is 11.3. The van der Waals surface area contributed by atoms with Gasteiger partial charge in [0.05, 0.1) is 16.5 Å². The zero-order chi connectivity index (χ0) is 24.0. The van der Waals surface area contributed by atoms with E-state index in [4.69, 9.17) is 5.26 Å². The van der Waals surface area contributed by atoms with Gasteiger partial charge in [-0.25, -0.2) is 8.42 Å². The van der Waals surface area contributed by atoms with Gasteiger partial charge in [0.2, 0.25) is 10.0 Å². The molecule has 0 aliphatic carbocycles. The Labute approximate surface area is 197 Å².